The highest BCUT2D eigenvalue weighted by Crippen LogP contribution is 2.32. The van der Waals surface area contributed by atoms with Crippen LogP contribution < -0.4 is 5.32 Å². The third-order valence-corrected chi connectivity index (χ3v) is 1.88. The van der Waals surface area contributed by atoms with Gasteiger partial charge < -0.3 is 5.32 Å². The van der Waals surface area contributed by atoms with Crippen LogP contribution in [-0.4, -0.2) is 16.9 Å². The molecule has 1 aromatic rings. The first-order valence-electron chi connectivity index (χ1n) is 4.06. The molecule has 1 N–H and O–H groups in total. The molecule has 0 bridgehead atoms. The van der Waals surface area contributed by atoms with Crippen LogP contribution in [0.25, 0.3) is 0 Å². The number of nitrogens with one attached hydrogen (secondary N) is 1. The number of nitrogens with zero attached hydrogens (tertiary/aromatic N) is 3. The second-order valence-corrected chi connectivity index (χ2v) is 2.76. The average Bonchev–Trinajstić information content (AvgIpc) is 2.26. The van der Waals surface area contributed by atoms with Gasteiger partial charge in [-0.2, -0.15) is 5.26 Å². The van der Waals surface area contributed by atoms with E-state index in [1.165, 1.54) is 7.05 Å². The number of non-ortho nitro benzene ring substituents is 1. The molecule has 0 radical (unpaired) electrons. The quantitative estimate of drug-likeness (QED) is 0.609. The maximum atomic E-state index is 10.7. The monoisotopic (exact) mass is 222 g/mol. The molecule has 1 aromatic carbocycles. The Morgan fingerprint density at radius 3 is 2.31 bits per heavy atom. The lowest BCUT2D eigenvalue weighted by Gasteiger charge is -2.03. The Balaban J connectivity index is 3.57. The van der Waals surface area contributed by atoms with E-state index in [4.69, 9.17) is 5.26 Å². The Morgan fingerprint density at radius 1 is 1.31 bits per heavy atom. The Kier molecular flexibility index (Phi) is 3.00. The summed E-state index contributed by atoms with van der Waals surface area (Å²) < 4.78 is 0. The van der Waals surface area contributed by atoms with Crippen LogP contribution in [0.1, 0.15) is 5.56 Å². The number of anilines is 1. The Morgan fingerprint density at radius 2 is 1.94 bits per heavy atom. The molecule has 1 rings (SSSR count). The highest BCUT2D eigenvalue weighted by Gasteiger charge is 2.23. The van der Waals surface area contributed by atoms with Crippen LogP contribution >= 0.6 is 0 Å². The molecule has 0 atom stereocenters. The molecule has 0 saturated carbocycles. The van der Waals surface area contributed by atoms with Crippen molar-refractivity contribution in [1.29, 1.82) is 5.26 Å². The minimum absolute atomic E-state index is 0.0295. The van der Waals surface area contributed by atoms with Crippen molar-refractivity contribution in [3.8, 4) is 6.07 Å². The second kappa shape index (κ2) is 4.22. The molecule has 82 valence electrons. The molecule has 0 aliphatic carbocycles. The minimum atomic E-state index is -0.784. The van der Waals surface area contributed by atoms with E-state index in [2.05, 4.69) is 5.32 Å². The lowest BCUT2D eigenvalue weighted by Crippen LogP contribution is -2.01. The maximum absolute atomic E-state index is 10.7. The van der Waals surface area contributed by atoms with Crippen molar-refractivity contribution in [1.82, 2.24) is 0 Å². The zero-order valence-electron chi connectivity index (χ0n) is 8.13. The van der Waals surface area contributed by atoms with Gasteiger partial charge in [0.05, 0.1) is 21.5 Å². The fourth-order valence-corrected chi connectivity index (χ4v) is 1.21. The van der Waals surface area contributed by atoms with Crippen LogP contribution in [0.3, 0.4) is 0 Å². The van der Waals surface area contributed by atoms with E-state index in [0.29, 0.717) is 0 Å². The smallest absolute Gasteiger partial charge is 0.300 e. The van der Waals surface area contributed by atoms with Crippen LogP contribution in [0.5, 0.6) is 0 Å². The highest BCUT2D eigenvalue weighted by molar-refractivity contribution is 5.73. The van der Waals surface area contributed by atoms with Gasteiger partial charge in [0.1, 0.15) is 11.8 Å². The van der Waals surface area contributed by atoms with Crippen molar-refractivity contribution in [2.24, 2.45) is 0 Å². The Hall–Kier alpha value is -2.69. The van der Waals surface area contributed by atoms with Crippen LogP contribution in [0.4, 0.5) is 17.1 Å². The zero-order chi connectivity index (χ0) is 12.3. The normalized spacial score (nSPS) is 9.25. The van der Waals surface area contributed by atoms with E-state index >= 15 is 0 Å². The molecule has 0 unspecified atom stereocenters. The van der Waals surface area contributed by atoms with Gasteiger partial charge in [-0.1, -0.05) is 0 Å². The molecule has 0 heterocycles. The third kappa shape index (κ3) is 1.88. The summed E-state index contributed by atoms with van der Waals surface area (Å²) in [7, 11) is 1.40. The molecular formula is C8H6N4O4. The lowest BCUT2D eigenvalue weighted by atomic mass is 10.1. The molecule has 0 saturated heterocycles. The maximum Gasteiger partial charge on any atom is 0.300 e. The number of nitriles is 1. The van der Waals surface area contributed by atoms with E-state index < -0.39 is 21.2 Å². The Labute approximate surface area is 89.4 Å². The van der Waals surface area contributed by atoms with Crippen molar-refractivity contribution in [3.05, 3.63) is 37.9 Å². The molecule has 16 heavy (non-hydrogen) atoms. The molecule has 0 aliphatic heterocycles. The zero-order valence-corrected chi connectivity index (χ0v) is 8.13. The number of nitro groups is 2. The van der Waals surface area contributed by atoms with E-state index in [1.54, 1.807) is 6.07 Å². The molecule has 8 heteroatoms. The van der Waals surface area contributed by atoms with E-state index in [-0.39, 0.29) is 11.3 Å². The number of rotatable bonds is 3. The van der Waals surface area contributed by atoms with Gasteiger partial charge in [-0.05, 0) is 0 Å². The number of hydrogen-bond acceptors (Lipinski definition) is 6. The predicted octanol–water partition coefficient (Wildman–Crippen LogP) is 1.42. The van der Waals surface area contributed by atoms with E-state index in [9.17, 15) is 20.2 Å². The van der Waals surface area contributed by atoms with Crippen molar-refractivity contribution in [2.75, 3.05) is 12.4 Å². The number of hydrogen-bond donors (Lipinski definition) is 1. The van der Waals surface area contributed by atoms with Crippen molar-refractivity contribution in [3.63, 3.8) is 0 Å². The fraction of sp³-hybridized carbons (Fsp3) is 0.125. The van der Waals surface area contributed by atoms with Gasteiger partial charge in [-0.25, -0.2) is 0 Å². The number of benzene rings is 1. The van der Waals surface area contributed by atoms with Gasteiger partial charge in [-0.15, -0.1) is 0 Å². The summed E-state index contributed by atoms with van der Waals surface area (Å²) in [6.07, 6.45) is 0. The van der Waals surface area contributed by atoms with Crippen LogP contribution in [0.2, 0.25) is 0 Å². The molecular weight excluding hydrogens is 216 g/mol. The summed E-state index contributed by atoms with van der Waals surface area (Å²) >= 11 is 0. The molecule has 0 aromatic heterocycles. The first-order chi connectivity index (χ1) is 7.51. The average molecular weight is 222 g/mol. The molecule has 0 fully saturated rings. The highest BCUT2D eigenvalue weighted by atomic mass is 16.6. The van der Waals surface area contributed by atoms with Gasteiger partial charge in [0.2, 0.25) is 0 Å². The van der Waals surface area contributed by atoms with E-state index in [1.807, 2.05) is 0 Å². The molecule has 0 aliphatic rings. The lowest BCUT2D eigenvalue weighted by molar-refractivity contribution is -0.393. The van der Waals surface area contributed by atoms with Gasteiger partial charge in [0.25, 0.3) is 5.69 Å². The van der Waals surface area contributed by atoms with Crippen LogP contribution in [-0.2, 0) is 0 Å². The van der Waals surface area contributed by atoms with E-state index in [0.717, 1.165) is 12.1 Å². The van der Waals surface area contributed by atoms with Crippen molar-refractivity contribution in [2.45, 2.75) is 0 Å². The molecule has 8 nitrogen and oxygen atoms in total. The predicted molar refractivity (Wildman–Crippen MR) is 54.0 cm³/mol. The third-order valence-electron chi connectivity index (χ3n) is 1.88. The Bertz CT molecular complexity index is 505. The van der Waals surface area contributed by atoms with Gasteiger partial charge >= 0.3 is 5.69 Å². The number of nitro benzene ring substituents is 2. The summed E-state index contributed by atoms with van der Waals surface area (Å²) in [6.45, 7) is 0. The fourth-order valence-electron chi connectivity index (χ4n) is 1.21. The van der Waals surface area contributed by atoms with Crippen LogP contribution in [0.15, 0.2) is 12.1 Å². The largest absolute Gasteiger partial charge is 0.381 e. The summed E-state index contributed by atoms with van der Waals surface area (Å²) in [5.41, 5.74) is -1.14. The standard InChI is InChI=1S/C8H6N4O4/c1-10-8-5(4-9)2-6(11(13)14)3-7(8)12(15)16/h2-3,10H,1H3. The van der Waals surface area contributed by atoms with Crippen molar-refractivity contribution < 1.29 is 9.85 Å². The summed E-state index contributed by atoms with van der Waals surface area (Å²) in [5, 5.41) is 32.4. The summed E-state index contributed by atoms with van der Waals surface area (Å²) in [4.78, 5) is 19.6. The van der Waals surface area contributed by atoms with Gasteiger partial charge in [0.15, 0.2) is 0 Å². The first-order valence-corrected chi connectivity index (χ1v) is 4.06. The minimum Gasteiger partial charge on any atom is -0.381 e. The second-order valence-electron chi connectivity index (χ2n) is 2.76. The van der Waals surface area contributed by atoms with Crippen LogP contribution in [0, 0.1) is 31.6 Å². The van der Waals surface area contributed by atoms with Gasteiger partial charge in [-0.3, -0.25) is 20.2 Å². The summed E-state index contributed by atoms with van der Waals surface area (Å²) in [5.74, 6) is 0. The van der Waals surface area contributed by atoms with Crippen molar-refractivity contribution >= 4 is 17.1 Å². The topological polar surface area (TPSA) is 122 Å². The summed E-state index contributed by atoms with van der Waals surface area (Å²) in [6, 6.07) is 3.46. The first kappa shape index (κ1) is 11.4. The SMILES string of the molecule is CNc1c(C#N)cc([N+](=O)[O-])cc1[N+](=O)[O-]. The van der Waals surface area contributed by atoms with Gasteiger partial charge in [0, 0.05) is 13.1 Å². The molecule has 0 spiro atoms. The molecule has 0 amide bonds.